The molecule has 1 saturated heterocycles. The lowest BCUT2D eigenvalue weighted by Crippen LogP contribution is -2.48. The van der Waals surface area contributed by atoms with Crippen LogP contribution in [-0.2, 0) is 28.7 Å². The zero-order valence-corrected chi connectivity index (χ0v) is 31.0. The number of hydrogen-bond donors (Lipinski definition) is 8. The molecule has 1 aliphatic heterocycles. The minimum atomic E-state index is -1.27. The molecule has 1 fully saturated rings. The summed E-state index contributed by atoms with van der Waals surface area (Å²) in [5.74, 6) is -5.73. The second-order valence-corrected chi connectivity index (χ2v) is 15.3. The number of esters is 1. The van der Waals surface area contributed by atoms with E-state index >= 15 is 0 Å². The highest BCUT2D eigenvalue weighted by atomic mass is 16.5. The van der Waals surface area contributed by atoms with Gasteiger partial charge in [-0.25, -0.2) is 14.9 Å². The van der Waals surface area contributed by atoms with Gasteiger partial charge in [-0.2, -0.15) is 0 Å². The molecule has 9 N–H and O–H groups in total. The first-order valence-corrected chi connectivity index (χ1v) is 17.5. The molecule has 5 amide bonds. The van der Waals surface area contributed by atoms with E-state index in [1.807, 2.05) is 13.8 Å². The number of carbonyl (C=O) groups is 6. The van der Waals surface area contributed by atoms with Gasteiger partial charge in [-0.3, -0.25) is 34.4 Å². The highest BCUT2D eigenvalue weighted by molar-refractivity contribution is 6.04. The topological polar surface area (TPSA) is 261 Å². The van der Waals surface area contributed by atoms with E-state index in [9.17, 15) is 49.4 Å². The number of carbonyl (C=O) groups excluding carboxylic acids is 6. The first kappa shape index (κ1) is 43.5. The molecule has 1 aromatic rings. The monoisotopic (exact) mass is 736 g/mol. The zero-order valence-electron chi connectivity index (χ0n) is 31.0. The molecule has 1 aromatic carbocycles. The van der Waals surface area contributed by atoms with Crippen molar-refractivity contribution in [2.45, 2.75) is 118 Å². The van der Waals surface area contributed by atoms with Gasteiger partial charge in [0.15, 0.2) is 11.5 Å². The van der Waals surface area contributed by atoms with E-state index in [1.54, 1.807) is 0 Å². The van der Waals surface area contributed by atoms with Crippen LogP contribution in [0.15, 0.2) is 12.1 Å². The molecule has 0 aliphatic carbocycles. The Balaban J connectivity index is 2.03. The SMILES string of the molecule is CC(CC(=O)NC1CCCCN(O)C1=O)OC(=O)C(CCCCN(O)C(=O)CC(C)(C)CC(C)(C)C)NC(=O)CNC(=O)c1c(N)ccc(O)c1O. The number of anilines is 1. The van der Waals surface area contributed by atoms with Crippen molar-refractivity contribution in [1.29, 1.82) is 0 Å². The molecular weight excluding hydrogens is 680 g/mol. The number of rotatable bonds is 17. The van der Waals surface area contributed by atoms with Crippen molar-refractivity contribution in [2.75, 3.05) is 25.4 Å². The fourth-order valence-corrected chi connectivity index (χ4v) is 6.31. The summed E-state index contributed by atoms with van der Waals surface area (Å²) in [5, 5.41) is 48.5. The zero-order chi connectivity index (χ0) is 39.4. The van der Waals surface area contributed by atoms with Gasteiger partial charge in [0.2, 0.25) is 17.7 Å². The van der Waals surface area contributed by atoms with Crippen LogP contribution in [0.2, 0.25) is 0 Å². The van der Waals surface area contributed by atoms with E-state index in [4.69, 9.17) is 10.5 Å². The normalized spacial score (nSPS) is 16.3. The Morgan fingerprint density at radius 3 is 2.38 bits per heavy atom. The van der Waals surface area contributed by atoms with Crippen LogP contribution in [0.3, 0.4) is 0 Å². The molecule has 17 heteroatoms. The van der Waals surface area contributed by atoms with Crippen molar-refractivity contribution in [3.63, 3.8) is 0 Å². The Morgan fingerprint density at radius 1 is 1.06 bits per heavy atom. The molecule has 3 atom stereocenters. The molecular formula is C35H56N6O11. The third kappa shape index (κ3) is 14.5. The van der Waals surface area contributed by atoms with Crippen LogP contribution in [0.25, 0.3) is 0 Å². The number of nitrogen functional groups attached to an aromatic ring is 1. The van der Waals surface area contributed by atoms with E-state index in [2.05, 4.69) is 36.7 Å². The summed E-state index contributed by atoms with van der Waals surface area (Å²) >= 11 is 0. The standard InChI is InChI=1S/C35H56N6O11/c1-21(17-26(43)38-23-11-7-10-16-41(51)32(23)48)52-33(49)24(12-8-9-15-40(50)28(45)18-35(5,6)20-34(2,3)4)39-27(44)19-37-31(47)29-22(36)13-14-25(42)30(29)46/h13-14,21,23-24,42,46,50-51H,7-12,15-20,36H2,1-6H3,(H,37,47)(H,38,43)(H,39,44). The number of nitrogens with two attached hydrogens (primary N) is 1. The number of hydrogen-bond acceptors (Lipinski definition) is 12. The van der Waals surface area contributed by atoms with Gasteiger partial charge in [0.25, 0.3) is 11.8 Å². The number of ether oxygens (including phenoxy) is 1. The van der Waals surface area contributed by atoms with Crippen molar-refractivity contribution < 1.29 is 54.1 Å². The molecule has 0 bridgehead atoms. The number of phenolic OH excluding ortho intramolecular Hbond substituents is 2. The van der Waals surface area contributed by atoms with Gasteiger partial charge in [0.1, 0.15) is 23.8 Å². The summed E-state index contributed by atoms with van der Waals surface area (Å²) in [6.45, 7) is 11.0. The lowest BCUT2D eigenvalue weighted by atomic mass is 9.74. The van der Waals surface area contributed by atoms with E-state index in [0.717, 1.165) is 12.5 Å². The number of amides is 5. The maximum atomic E-state index is 13.3. The summed E-state index contributed by atoms with van der Waals surface area (Å²) in [5.41, 5.74) is 4.77. The van der Waals surface area contributed by atoms with Crippen molar-refractivity contribution >= 4 is 41.2 Å². The van der Waals surface area contributed by atoms with E-state index in [0.29, 0.717) is 29.4 Å². The fraction of sp³-hybridized carbons (Fsp3) is 0.657. The lowest BCUT2D eigenvalue weighted by molar-refractivity contribution is -0.168. The second-order valence-electron chi connectivity index (χ2n) is 15.3. The smallest absolute Gasteiger partial charge is 0.328 e. The van der Waals surface area contributed by atoms with Gasteiger partial charge in [-0.1, -0.05) is 34.6 Å². The van der Waals surface area contributed by atoms with Gasteiger partial charge < -0.3 is 36.6 Å². The third-order valence-electron chi connectivity index (χ3n) is 8.28. The fourth-order valence-electron chi connectivity index (χ4n) is 6.31. The molecule has 0 spiro atoms. The van der Waals surface area contributed by atoms with Crippen molar-refractivity contribution in [3.05, 3.63) is 17.7 Å². The molecule has 3 unspecified atom stereocenters. The molecule has 0 saturated carbocycles. The molecule has 1 aliphatic rings. The summed E-state index contributed by atoms with van der Waals surface area (Å²) < 4.78 is 5.46. The Kier molecular flexibility index (Phi) is 16.1. The summed E-state index contributed by atoms with van der Waals surface area (Å²) in [4.78, 5) is 76.5. The quantitative estimate of drug-likeness (QED) is 0.0218. The Hall–Kier alpha value is -4.64. The summed E-state index contributed by atoms with van der Waals surface area (Å²) in [6, 6.07) is 0.0914. The van der Waals surface area contributed by atoms with Gasteiger partial charge >= 0.3 is 5.97 Å². The molecule has 17 nitrogen and oxygen atoms in total. The molecule has 2 rings (SSSR count). The Morgan fingerprint density at radius 2 is 1.73 bits per heavy atom. The highest BCUT2D eigenvalue weighted by Gasteiger charge is 2.31. The Labute approximate surface area is 304 Å². The van der Waals surface area contributed by atoms with E-state index in [-0.39, 0.29) is 61.7 Å². The summed E-state index contributed by atoms with van der Waals surface area (Å²) in [6.07, 6.45) is 1.59. The number of phenols is 2. The van der Waals surface area contributed by atoms with Gasteiger partial charge in [0.05, 0.1) is 13.0 Å². The van der Waals surface area contributed by atoms with E-state index < -0.39 is 77.3 Å². The van der Waals surface area contributed by atoms with Crippen molar-refractivity contribution in [1.82, 2.24) is 26.1 Å². The van der Waals surface area contributed by atoms with Gasteiger partial charge in [-0.15, -0.1) is 0 Å². The molecule has 52 heavy (non-hydrogen) atoms. The predicted molar refractivity (Wildman–Crippen MR) is 188 cm³/mol. The van der Waals surface area contributed by atoms with Crippen LogP contribution in [0.5, 0.6) is 11.5 Å². The molecule has 0 aromatic heterocycles. The minimum absolute atomic E-state index is 0.00180. The predicted octanol–water partition coefficient (Wildman–Crippen LogP) is 2.34. The minimum Gasteiger partial charge on any atom is -0.504 e. The molecule has 0 radical (unpaired) electrons. The second kappa shape index (κ2) is 19.3. The number of nitrogens with zero attached hydrogens (tertiary/aromatic N) is 2. The van der Waals surface area contributed by atoms with Gasteiger partial charge in [-0.05, 0) is 74.8 Å². The number of unbranched alkanes of at least 4 members (excludes halogenated alkanes) is 1. The third-order valence-corrected chi connectivity index (χ3v) is 8.28. The van der Waals surface area contributed by atoms with Crippen LogP contribution < -0.4 is 21.7 Å². The maximum Gasteiger partial charge on any atom is 0.328 e. The first-order valence-electron chi connectivity index (χ1n) is 17.5. The summed E-state index contributed by atoms with van der Waals surface area (Å²) in [7, 11) is 0. The van der Waals surface area contributed by atoms with Crippen molar-refractivity contribution in [3.8, 4) is 11.5 Å². The number of hydroxylamine groups is 4. The average Bonchev–Trinajstić information content (AvgIpc) is 3.17. The van der Waals surface area contributed by atoms with Crippen LogP contribution in [-0.4, -0.2) is 104 Å². The van der Waals surface area contributed by atoms with Crippen LogP contribution in [0.4, 0.5) is 5.69 Å². The van der Waals surface area contributed by atoms with E-state index in [1.165, 1.54) is 13.0 Å². The maximum absolute atomic E-state index is 13.3. The largest absolute Gasteiger partial charge is 0.504 e. The average molecular weight is 737 g/mol. The highest BCUT2D eigenvalue weighted by Crippen LogP contribution is 2.36. The number of aromatic hydroxyl groups is 2. The van der Waals surface area contributed by atoms with Crippen LogP contribution >= 0.6 is 0 Å². The molecule has 292 valence electrons. The number of benzene rings is 1. The lowest BCUT2D eigenvalue weighted by Gasteiger charge is -2.32. The molecule has 1 heterocycles. The van der Waals surface area contributed by atoms with Crippen molar-refractivity contribution in [2.24, 2.45) is 10.8 Å². The van der Waals surface area contributed by atoms with Crippen LogP contribution in [0.1, 0.15) is 110 Å². The Bertz CT molecular complexity index is 1440. The van der Waals surface area contributed by atoms with Gasteiger partial charge in [0, 0.05) is 25.2 Å². The van der Waals surface area contributed by atoms with Crippen LogP contribution in [0, 0.1) is 10.8 Å². The number of nitrogens with one attached hydrogen (secondary N) is 3. The first-order chi connectivity index (χ1) is 24.1.